The highest BCUT2D eigenvalue weighted by Gasteiger charge is 2.30. The van der Waals surface area contributed by atoms with E-state index in [4.69, 9.17) is 29.4 Å². The average molecular weight is 624 g/mol. The molecule has 3 aliphatic heterocycles. The van der Waals surface area contributed by atoms with Crippen molar-refractivity contribution < 1.29 is 9.47 Å². The van der Waals surface area contributed by atoms with E-state index in [0.717, 1.165) is 82.8 Å². The highest BCUT2D eigenvalue weighted by molar-refractivity contribution is 5.97. The van der Waals surface area contributed by atoms with Crippen molar-refractivity contribution in [3.8, 4) is 6.01 Å². The molecule has 9 nitrogen and oxygen atoms in total. The number of hydrogen-bond acceptors (Lipinski definition) is 9. The van der Waals surface area contributed by atoms with E-state index < -0.39 is 0 Å². The third-order valence-electron chi connectivity index (χ3n) is 10.7. The van der Waals surface area contributed by atoms with Gasteiger partial charge in [-0.1, -0.05) is 43.2 Å². The molecule has 0 radical (unpaired) electrons. The summed E-state index contributed by atoms with van der Waals surface area (Å²) in [5.74, 6) is 1.05. The fraction of sp³-hybridized carbons (Fsp3) is 0.595. The number of fused-ring (bicyclic) bond motifs is 2. The molecule has 0 N–H and O–H groups in total. The Bertz CT molecular complexity index is 1570. The molecule has 3 atom stereocenters. The summed E-state index contributed by atoms with van der Waals surface area (Å²) in [4.78, 5) is 27.0. The van der Waals surface area contributed by atoms with Gasteiger partial charge < -0.3 is 24.2 Å². The predicted molar refractivity (Wildman–Crippen MR) is 185 cm³/mol. The predicted octanol–water partition coefficient (Wildman–Crippen LogP) is 6.07. The van der Waals surface area contributed by atoms with Crippen LogP contribution < -0.4 is 14.5 Å². The minimum absolute atomic E-state index is 0.190. The van der Waals surface area contributed by atoms with Crippen molar-refractivity contribution in [3.05, 3.63) is 53.2 Å². The number of piperidine rings is 1. The van der Waals surface area contributed by atoms with Crippen molar-refractivity contribution >= 4 is 28.3 Å². The molecule has 1 aromatic heterocycles. The minimum atomic E-state index is 0.190. The molecule has 7 rings (SSSR count). The lowest BCUT2D eigenvalue weighted by Gasteiger charge is -2.36. The smallest absolute Gasteiger partial charge is 0.318 e. The molecule has 9 heteroatoms. The molecule has 0 spiro atoms. The lowest BCUT2D eigenvalue weighted by atomic mass is 9.93. The number of rotatable bonds is 8. The van der Waals surface area contributed by atoms with E-state index in [9.17, 15) is 0 Å². The number of hydrogen-bond donors (Lipinski definition) is 0. The van der Waals surface area contributed by atoms with Crippen molar-refractivity contribution in [2.75, 3.05) is 56.7 Å². The highest BCUT2D eigenvalue weighted by Crippen LogP contribution is 2.36. The van der Waals surface area contributed by atoms with E-state index in [0.29, 0.717) is 18.7 Å². The van der Waals surface area contributed by atoms with Gasteiger partial charge in [0.15, 0.2) is 0 Å². The number of likely N-dealkylation sites (N-methyl/N-ethyl adjacent to an activating group) is 1. The second-order valence-electron chi connectivity index (χ2n) is 13.7. The Morgan fingerprint density at radius 3 is 2.52 bits per heavy atom. The van der Waals surface area contributed by atoms with Crippen LogP contribution >= 0.6 is 0 Å². The topological polar surface area (TPSA) is 78.7 Å². The second-order valence-corrected chi connectivity index (χ2v) is 13.7. The van der Waals surface area contributed by atoms with Crippen molar-refractivity contribution in [1.29, 1.82) is 0 Å². The number of anilines is 2. The van der Waals surface area contributed by atoms with Crippen LogP contribution in [0, 0.1) is 6.92 Å². The van der Waals surface area contributed by atoms with Gasteiger partial charge in [-0.3, -0.25) is 0 Å². The zero-order valence-corrected chi connectivity index (χ0v) is 27.8. The Labute approximate surface area is 273 Å². The maximum absolute atomic E-state index is 6.38. The quantitative estimate of drug-likeness (QED) is 0.282. The van der Waals surface area contributed by atoms with Crippen LogP contribution in [0.3, 0.4) is 0 Å². The zero-order valence-electron chi connectivity index (χ0n) is 27.8. The number of benzene rings is 2. The van der Waals surface area contributed by atoms with Gasteiger partial charge in [0.25, 0.3) is 0 Å². The Morgan fingerprint density at radius 1 is 0.891 bits per heavy atom. The van der Waals surface area contributed by atoms with Gasteiger partial charge in [-0.05, 0) is 82.5 Å². The normalized spacial score (nSPS) is 24.1. The van der Waals surface area contributed by atoms with Gasteiger partial charge in [-0.15, -0.1) is 0 Å². The Hall–Kier alpha value is -3.52. The average Bonchev–Trinajstić information content (AvgIpc) is 3.51. The first-order valence-electron chi connectivity index (χ1n) is 17.5. The number of aliphatic imine (C=N–C) groups is 2. The fourth-order valence-corrected chi connectivity index (χ4v) is 7.95. The molecule has 3 fully saturated rings. The standard InChI is InChI=1S/C37H49N7O2/c1-26-9-6-10-27-11-7-14-33(35(26)27)44-22-18-30-32(23-44)40-37(46-24-29-12-8-19-42(29)2)41-36(30)43-20-16-28(17-21-43)38-25-39-31-13-4-5-15-34(31)45-3/h6-7,9-11,14,28-29,31,34H,4-5,8,12-13,15-24H2,1-3H3/t29-,31+,34-/m0/s1. The Kier molecular flexibility index (Phi) is 9.52. The summed E-state index contributed by atoms with van der Waals surface area (Å²) >= 11 is 0. The van der Waals surface area contributed by atoms with E-state index in [1.54, 1.807) is 7.11 Å². The summed E-state index contributed by atoms with van der Waals surface area (Å²) in [6, 6.07) is 17.6. The molecule has 0 bridgehead atoms. The third-order valence-corrected chi connectivity index (χ3v) is 10.7. The van der Waals surface area contributed by atoms with Crippen molar-refractivity contribution in [3.63, 3.8) is 0 Å². The van der Waals surface area contributed by atoms with Crippen molar-refractivity contribution in [2.24, 2.45) is 9.98 Å². The maximum Gasteiger partial charge on any atom is 0.318 e. The molecule has 3 aromatic rings. The van der Waals surface area contributed by atoms with E-state index in [1.807, 2.05) is 0 Å². The molecule has 0 amide bonds. The lowest BCUT2D eigenvalue weighted by molar-refractivity contribution is 0.0555. The fourth-order valence-electron chi connectivity index (χ4n) is 7.95. The number of ether oxygens (including phenoxy) is 2. The summed E-state index contributed by atoms with van der Waals surface area (Å²) in [5.41, 5.74) is 4.94. The summed E-state index contributed by atoms with van der Waals surface area (Å²) in [5, 5.41) is 2.61. The van der Waals surface area contributed by atoms with E-state index in [1.165, 1.54) is 46.8 Å². The van der Waals surface area contributed by atoms with Crippen molar-refractivity contribution in [2.45, 2.75) is 95.5 Å². The van der Waals surface area contributed by atoms with Crippen LogP contribution in [-0.4, -0.2) is 92.0 Å². The van der Waals surface area contributed by atoms with Gasteiger partial charge in [0.2, 0.25) is 0 Å². The molecule has 0 unspecified atom stereocenters. The summed E-state index contributed by atoms with van der Waals surface area (Å²) in [7, 11) is 3.98. The van der Waals surface area contributed by atoms with E-state index in [-0.39, 0.29) is 18.2 Å². The van der Waals surface area contributed by atoms with Gasteiger partial charge in [-0.2, -0.15) is 9.97 Å². The third kappa shape index (κ3) is 6.64. The molecule has 2 aromatic carbocycles. The molecule has 244 valence electrons. The van der Waals surface area contributed by atoms with Gasteiger partial charge in [-0.25, -0.2) is 9.98 Å². The van der Waals surface area contributed by atoms with E-state index in [2.05, 4.69) is 71.1 Å². The molecule has 4 aliphatic rings. The molecule has 46 heavy (non-hydrogen) atoms. The SMILES string of the molecule is CO[C@H]1CCCC[C@H]1N=C=NC1CCN(c2nc(OC[C@@H]3CCCN3C)nc3c2CCN(c2cccc4cccc(C)c24)C3)CC1. The van der Waals surface area contributed by atoms with Gasteiger partial charge in [0.05, 0.1) is 36.4 Å². The molecular weight excluding hydrogens is 574 g/mol. The molecular formula is C37H49N7O2. The van der Waals surface area contributed by atoms with Crippen LogP contribution in [0.4, 0.5) is 11.5 Å². The number of aryl methyl sites for hydroxylation is 1. The summed E-state index contributed by atoms with van der Waals surface area (Å²) in [6.45, 7) is 7.45. The van der Waals surface area contributed by atoms with Gasteiger partial charge in [0.1, 0.15) is 12.4 Å². The highest BCUT2D eigenvalue weighted by atomic mass is 16.5. The number of aromatic nitrogens is 2. The first-order valence-corrected chi connectivity index (χ1v) is 17.5. The van der Waals surface area contributed by atoms with Crippen LogP contribution in [0.25, 0.3) is 10.8 Å². The number of likely N-dealkylation sites (tertiary alicyclic amines) is 1. The monoisotopic (exact) mass is 623 g/mol. The van der Waals surface area contributed by atoms with E-state index >= 15 is 0 Å². The molecule has 4 heterocycles. The van der Waals surface area contributed by atoms with Crippen LogP contribution in [0.1, 0.15) is 68.2 Å². The van der Waals surface area contributed by atoms with Crippen molar-refractivity contribution in [1.82, 2.24) is 14.9 Å². The lowest BCUT2D eigenvalue weighted by Crippen LogP contribution is -2.39. The van der Waals surface area contributed by atoms with Crippen LogP contribution in [0.5, 0.6) is 6.01 Å². The minimum Gasteiger partial charge on any atom is -0.462 e. The second kappa shape index (κ2) is 14.1. The van der Waals surface area contributed by atoms with Crippen LogP contribution in [0.2, 0.25) is 0 Å². The maximum atomic E-state index is 6.38. The van der Waals surface area contributed by atoms with Crippen LogP contribution in [-0.2, 0) is 17.7 Å². The Balaban J connectivity index is 1.11. The molecule has 1 saturated carbocycles. The largest absolute Gasteiger partial charge is 0.462 e. The summed E-state index contributed by atoms with van der Waals surface area (Å²) < 4.78 is 12.0. The van der Waals surface area contributed by atoms with Gasteiger partial charge >= 0.3 is 6.01 Å². The van der Waals surface area contributed by atoms with Crippen LogP contribution in [0.15, 0.2) is 46.4 Å². The first-order chi connectivity index (χ1) is 22.6. The first kappa shape index (κ1) is 31.1. The number of nitrogens with zero attached hydrogens (tertiary/aromatic N) is 7. The molecule has 2 saturated heterocycles. The Morgan fingerprint density at radius 2 is 1.72 bits per heavy atom. The van der Waals surface area contributed by atoms with Gasteiger partial charge in [0, 0.05) is 49.4 Å². The zero-order chi connectivity index (χ0) is 31.5. The summed E-state index contributed by atoms with van der Waals surface area (Å²) in [6.07, 6.45) is 9.99. The molecule has 1 aliphatic carbocycles. The number of methoxy groups -OCH3 is 1.